The largest absolute Gasteiger partial charge is 0.456 e. The van der Waals surface area contributed by atoms with Gasteiger partial charge in [0.1, 0.15) is 6.26 Å². The summed E-state index contributed by atoms with van der Waals surface area (Å²) >= 11 is 2.00. The minimum absolute atomic E-state index is 0.831. The number of hydrogen-bond acceptors (Lipinski definition) is 5. The van der Waals surface area contributed by atoms with Crippen molar-refractivity contribution >= 4 is 11.8 Å². The molecule has 0 radical (unpaired) electrons. The van der Waals surface area contributed by atoms with Gasteiger partial charge >= 0.3 is 0 Å². The molecular weight excluding hydrogens is 392 g/mol. The molecule has 0 aromatic heterocycles. The standard InChI is InChI=1S/C25H32N2O2S/c1-2-21-9-6-7-12-24(21)30-18-8-13-26-14-16-27(17-15-26)25-20-28-23(19-29-25)22-10-4-3-5-11-22/h3-4,6-7,9-10,12,19-20H,2,5,8,11,13-18H2,1H3. The summed E-state index contributed by atoms with van der Waals surface area (Å²) in [5.41, 5.74) is 2.67. The Morgan fingerprint density at radius 3 is 2.63 bits per heavy atom. The van der Waals surface area contributed by atoms with E-state index in [1.54, 1.807) is 12.5 Å². The van der Waals surface area contributed by atoms with Gasteiger partial charge in [-0.3, -0.25) is 4.90 Å². The van der Waals surface area contributed by atoms with Crippen LogP contribution in [-0.4, -0.2) is 48.3 Å². The number of piperazine rings is 1. The molecule has 3 aliphatic rings. The fourth-order valence-corrected chi connectivity index (χ4v) is 5.06. The third-order valence-corrected chi connectivity index (χ3v) is 7.02. The summed E-state index contributed by atoms with van der Waals surface area (Å²) in [7, 11) is 0. The van der Waals surface area contributed by atoms with E-state index in [0.717, 1.165) is 63.6 Å². The Morgan fingerprint density at radius 1 is 1.03 bits per heavy atom. The molecular formula is C25H32N2O2S. The first-order valence-corrected chi connectivity index (χ1v) is 12.1. The van der Waals surface area contributed by atoms with Crippen molar-refractivity contribution in [2.45, 2.75) is 37.5 Å². The minimum Gasteiger partial charge on any atom is -0.456 e. The topological polar surface area (TPSA) is 24.9 Å². The molecule has 2 heterocycles. The first-order valence-electron chi connectivity index (χ1n) is 11.1. The molecule has 0 saturated carbocycles. The maximum Gasteiger partial charge on any atom is 0.231 e. The van der Waals surface area contributed by atoms with Crippen molar-refractivity contribution in [1.82, 2.24) is 9.80 Å². The van der Waals surface area contributed by atoms with Crippen LogP contribution in [0, 0.1) is 0 Å². The number of ether oxygens (including phenoxy) is 2. The van der Waals surface area contributed by atoms with Gasteiger partial charge in [-0.05, 0) is 55.2 Å². The van der Waals surface area contributed by atoms with Gasteiger partial charge in [-0.2, -0.15) is 0 Å². The SMILES string of the molecule is CCc1ccccc1SCCCN1CCN(C2=COC(C3=CC=CCC3)=CO2)CC1. The molecule has 160 valence electrons. The van der Waals surface area contributed by atoms with E-state index in [1.165, 1.54) is 28.2 Å². The summed E-state index contributed by atoms with van der Waals surface area (Å²) in [6, 6.07) is 8.78. The van der Waals surface area contributed by atoms with Crippen molar-refractivity contribution in [3.8, 4) is 0 Å². The predicted octanol–water partition coefficient (Wildman–Crippen LogP) is 5.31. The molecule has 1 aromatic carbocycles. The van der Waals surface area contributed by atoms with Crippen molar-refractivity contribution in [2.75, 3.05) is 38.5 Å². The van der Waals surface area contributed by atoms with Gasteiger partial charge in [0.15, 0.2) is 12.0 Å². The van der Waals surface area contributed by atoms with Gasteiger partial charge in [-0.15, -0.1) is 11.8 Å². The highest BCUT2D eigenvalue weighted by molar-refractivity contribution is 7.99. The first-order chi connectivity index (χ1) is 14.8. The Labute approximate surface area is 184 Å². The van der Waals surface area contributed by atoms with E-state index in [9.17, 15) is 0 Å². The lowest BCUT2D eigenvalue weighted by atomic mass is 10.0. The zero-order chi connectivity index (χ0) is 20.6. The Kier molecular flexibility index (Phi) is 7.59. The third-order valence-electron chi connectivity index (χ3n) is 5.82. The lowest BCUT2D eigenvalue weighted by Crippen LogP contribution is -2.46. The van der Waals surface area contributed by atoms with Crippen LogP contribution in [0.2, 0.25) is 0 Å². The van der Waals surface area contributed by atoms with Crippen LogP contribution in [0.3, 0.4) is 0 Å². The molecule has 0 atom stereocenters. The molecule has 0 amide bonds. The molecule has 30 heavy (non-hydrogen) atoms. The number of nitrogens with zero attached hydrogens (tertiary/aromatic N) is 2. The second kappa shape index (κ2) is 10.8. The van der Waals surface area contributed by atoms with Crippen molar-refractivity contribution < 1.29 is 9.47 Å². The Bertz CT molecular complexity index is 835. The molecule has 5 heteroatoms. The van der Waals surface area contributed by atoms with Crippen LogP contribution in [0.15, 0.2) is 77.1 Å². The smallest absolute Gasteiger partial charge is 0.231 e. The molecule has 1 saturated heterocycles. The number of rotatable bonds is 8. The molecule has 0 unspecified atom stereocenters. The quantitative estimate of drug-likeness (QED) is 0.416. The molecule has 1 aromatic rings. The molecule has 1 fully saturated rings. The zero-order valence-electron chi connectivity index (χ0n) is 17.9. The predicted molar refractivity (Wildman–Crippen MR) is 124 cm³/mol. The highest BCUT2D eigenvalue weighted by atomic mass is 32.2. The minimum atomic E-state index is 0.831. The van der Waals surface area contributed by atoms with Crippen LogP contribution in [0.5, 0.6) is 0 Å². The first kappa shape index (κ1) is 21.1. The number of benzene rings is 1. The van der Waals surface area contributed by atoms with E-state index >= 15 is 0 Å². The zero-order valence-corrected chi connectivity index (χ0v) is 18.7. The fraction of sp³-hybridized carbons (Fsp3) is 0.440. The van der Waals surface area contributed by atoms with Gasteiger partial charge in [0.2, 0.25) is 5.88 Å². The van der Waals surface area contributed by atoms with Gasteiger partial charge in [-0.25, -0.2) is 0 Å². The van der Waals surface area contributed by atoms with Crippen LogP contribution in [-0.2, 0) is 15.9 Å². The number of aryl methyl sites for hydroxylation is 1. The molecule has 4 rings (SSSR count). The number of thioether (sulfide) groups is 1. The van der Waals surface area contributed by atoms with E-state index in [-0.39, 0.29) is 0 Å². The molecule has 0 spiro atoms. The maximum absolute atomic E-state index is 5.90. The van der Waals surface area contributed by atoms with Crippen molar-refractivity contribution in [1.29, 1.82) is 0 Å². The summed E-state index contributed by atoms with van der Waals surface area (Å²) in [5, 5.41) is 0. The summed E-state index contributed by atoms with van der Waals surface area (Å²) in [6.07, 6.45) is 14.3. The summed E-state index contributed by atoms with van der Waals surface area (Å²) < 4.78 is 11.8. The maximum atomic E-state index is 5.90. The molecule has 0 bridgehead atoms. The van der Waals surface area contributed by atoms with Gasteiger partial charge < -0.3 is 14.4 Å². The van der Waals surface area contributed by atoms with Crippen LogP contribution < -0.4 is 0 Å². The van der Waals surface area contributed by atoms with Crippen LogP contribution in [0.25, 0.3) is 0 Å². The van der Waals surface area contributed by atoms with Crippen molar-refractivity contribution in [2.24, 2.45) is 0 Å². The number of hydrogen-bond donors (Lipinski definition) is 0. The highest BCUT2D eigenvalue weighted by Crippen LogP contribution is 2.27. The number of allylic oxidation sites excluding steroid dienone is 4. The molecule has 0 N–H and O–H groups in total. The van der Waals surface area contributed by atoms with Gasteiger partial charge in [0, 0.05) is 31.1 Å². The summed E-state index contributed by atoms with van der Waals surface area (Å²) in [6.45, 7) is 7.51. The van der Waals surface area contributed by atoms with Crippen LogP contribution in [0.4, 0.5) is 0 Å². The molecule has 1 aliphatic carbocycles. The third kappa shape index (κ3) is 5.52. The highest BCUT2D eigenvalue weighted by Gasteiger charge is 2.22. The summed E-state index contributed by atoms with van der Waals surface area (Å²) in [4.78, 5) is 6.29. The van der Waals surface area contributed by atoms with E-state index in [2.05, 4.69) is 59.2 Å². The average molecular weight is 425 g/mol. The molecule has 2 aliphatic heterocycles. The second-order valence-corrected chi connectivity index (χ2v) is 8.96. The Hall–Kier alpha value is -2.11. The van der Waals surface area contributed by atoms with Crippen LogP contribution in [0.1, 0.15) is 31.7 Å². The monoisotopic (exact) mass is 424 g/mol. The van der Waals surface area contributed by atoms with E-state index in [4.69, 9.17) is 9.47 Å². The lowest BCUT2D eigenvalue weighted by molar-refractivity contribution is 0.0848. The van der Waals surface area contributed by atoms with Crippen molar-refractivity contribution in [3.05, 3.63) is 77.8 Å². The van der Waals surface area contributed by atoms with Gasteiger partial charge in [0.25, 0.3) is 0 Å². The van der Waals surface area contributed by atoms with E-state index in [0.29, 0.717) is 0 Å². The normalized spacial score (nSPS) is 19.5. The van der Waals surface area contributed by atoms with Crippen molar-refractivity contribution in [3.63, 3.8) is 0 Å². The average Bonchev–Trinajstić information content (AvgIpc) is 2.83. The second-order valence-electron chi connectivity index (χ2n) is 7.82. The lowest BCUT2D eigenvalue weighted by Gasteiger charge is -2.36. The Balaban J connectivity index is 1.15. The molecule has 4 nitrogen and oxygen atoms in total. The Morgan fingerprint density at radius 2 is 1.90 bits per heavy atom. The fourth-order valence-electron chi connectivity index (χ4n) is 3.99. The van der Waals surface area contributed by atoms with E-state index in [1.807, 2.05) is 11.8 Å². The van der Waals surface area contributed by atoms with Gasteiger partial charge in [-0.1, -0.05) is 43.4 Å². The van der Waals surface area contributed by atoms with E-state index < -0.39 is 0 Å². The van der Waals surface area contributed by atoms with Crippen LogP contribution >= 0.6 is 11.8 Å². The van der Waals surface area contributed by atoms with Gasteiger partial charge in [0.05, 0.1) is 0 Å². The summed E-state index contributed by atoms with van der Waals surface area (Å²) in [5.74, 6) is 2.85.